The molecular weight excluding hydrogens is 343 g/mol. The van der Waals surface area contributed by atoms with Crippen molar-refractivity contribution in [2.75, 3.05) is 18.1 Å². The van der Waals surface area contributed by atoms with Crippen molar-refractivity contribution in [1.82, 2.24) is 9.78 Å². The number of hydrogen-bond donors (Lipinski definition) is 1. The highest BCUT2D eigenvalue weighted by molar-refractivity contribution is 7.91. The van der Waals surface area contributed by atoms with Crippen LogP contribution < -0.4 is 5.46 Å². The largest absolute Gasteiger partial charge is 0.498 e. The predicted octanol–water partition coefficient (Wildman–Crippen LogP) is 0.469. The zero-order chi connectivity index (χ0) is 18.5. The minimum Gasteiger partial charge on any atom is -0.399 e. The van der Waals surface area contributed by atoms with E-state index in [1.807, 2.05) is 33.9 Å². The number of sulfone groups is 1. The van der Waals surface area contributed by atoms with Gasteiger partial charge in [-0.25, -0.2) is 8.42 Å². The zero-order valence-corrected chi connectivity index (χ0v) is 16.2. The molecule has 0 bridgehead atoms. The summed E-state index contributed by atoms with van der Waals surface area (Å²) in [6, 6.07) is 0. The van der Waals surface area contributed by atoms with Gasteiger partial charge >= 0.3 is 7.12 Å². The van der Waals surface area contributed by atoms with Gasteiger partial charge in [0.1, 0.15) is 0 Å². The van der Waals surface area contributed by atoms with E-state index in [-0.39, 0.29) is 18.1 Å². The van der Waals surface area contributed by atoms with E-state index in [0.717, 1.165) is 5.46 Å². The van der Waals surface area contributed by atoms with Crippen LogP contribution in [-0.2, 0) is 24.7 Å². The van der Waals surface area contributed by atoms with Gasteiger partial charge in [-0.05, 0) is 47.0 Å². The average Bonchev–Trinajstić information content (AvgIpc) is 3.06. The van der Waals surface area contributed by atoms with E-state index < -0.39 is 33.7 Å². The highest BCUT2D eigenvalue weighted by atomic mass is 32.2. The van der Waals surface area contributed by atoms with Gasteiger partial charge in [-0.1, -0.05) is 0 Å². The van der Waals surface area contributed by atoms with Crippen LogP contribution in [0.4, 0.5) is 0 Å². The summed E-state index contributed by atoms with van der Waals surface area (Å²) in [6.07, 6.45) is 4.98. The van der Waals surface area contributed by atoms with Crippen molar-refractivity contribution in [3.63, 3.8) is 0 Å². The van der Waals surface area contributed by atoms with Crippen LogP contribution >= 0.6 is 0 Å². The molecule has 0 atom stereocenters. The maximum absolute atomic E-state index is 11.8. The third-order valence-corrected chi connectivity index (χ3v) is 7.60. The summed E-state index contributed by atoms with van der Waals surface area (Å²) in [6.45, 7) is 7.98. The molecule has 3 rings (SSSR count). The summed E-state index contributed by atoms with van der Waals surface area (Å²) in [5.41, 5.74) is -0.519. The summed E-state index contributed by atoms with van der Waals surface area (Å²) < 4.78 is 37.5. The Kier molecular flexibility index (Phi) is 4.59. The van der Waals surface area contributed by atoms with E-state index in [9.17, 15) is 13.5 Å². The molecule has 0 aromatic carbocycles. The second-order valence-corrected chi connectivity index (χ2v) is 10.5. The van der Waals surface area contributed by atoms with Crippen molar-refractivity contribution in [1.29, 1.82) is 0 Å². The SMILES string of the molecule is CC1(C)OB(c2cnn(C3(CCO)CCS(=O)(=O)CC3)c2)OC1(C)C. The Labute approximate surface area is 149 Å². The maximum Gasteiger partial charge on any atom is 0.498 e. The number of rotatable bonds is 4. The van der Waals surface area contributed by atoms with Gasteiger partial charge in [-0.15, -0.1) is 0 Å². The fraction of sp³-hybridized carbons (Fsp3) is 0.812. The third kappa shape index (κ3) is 3.39. The normalized spacial score (nSPS) is 26.7. The van der Waals surface area contributed by atoms with E-state index in [0.29, 0.717) is 19.3 Å². The van der Waals surface area contributed by atoms with Crippen molar-refractivity contribution in [2.45, 2.75) is 63.7 Å². The molecule has 1 aromatic rings. The maximum atomic E-state index is 11.8. The van der Waals surface area contributed by atoms with Gasteiger partial charge in [0.25, 0.3) is 0 Å². The number of aliphatic hydroxyl groups is 1. The Morgan fingerprint density at radius 2 is 1.76 bits per heavy atom. The van der Waals surface area contributed by atoms with Crippen molar-refractivity contribution in [3.8, 4) is 0 Å². The quantitative estimate of drug-likeness (QED) is 0.775. The molecule has 0 unspecified atom stereocenters. The highest BCUT2D eigenvalue weighted by Crippen LogP contribution is 2.37. The average molecular weight is 370 g/mol. The minimum absolute atomic E-state index is 0.00820. The molecule has 2 aliphatic heterocycles. The molecule has 3 heterocycles. The first-order valence-corrected chi connectivity index (χ1v) is 10.5. The number of aromatic nitrogens is 2. The first-order chi connectivity index (χ1) is 11.5. The lowest BCUT2D eigenvalue weighted by Crippen LogP contribution is -2.43. The summed E-state index contributed by atoms with van der Waals surface area (Å²) in [7, 11) is -3.49. The zero-order valence-electron chi connectivity index (χ0n) is 15.4. The standard InChI is InChI=1S/C16H27BN2O5S/c1-14(2)15(3,4)24-17(23-14)13-11-18-19(12-13)16(5-8-20)6-9-25(21,22)10-7-16/h11-12,20H,5-10H2,1-4H3. The van der Waals surface area contributed by atoms with Gasteiger partial charge in [-0.2, -0.15) is 5.10 Å². The molecule has 7 nitrogen and oxygen atoms in total. The molecule has 2 aliphatic rings. The molecule has 25 heavy (non-hydrogen) atoms. The van der Waals surface area contributed by atoms with Crippen LogP contribution in [0, 0.1) is 0 Å². The monoisotopic (exact) mass is 370 g/mol. The van der Waals surface area contributed by atoms with E-state index >= 15 is 0 Å². The molecule has 0 radical (unpaired) electrons. The van der Waals surface area contributed by atoms with Crippen molar-refractivity contribution < 1.29 is 22.8 Å². The summed E-state index contributed by atoms with van der Waals surface area (Å²) >= 11 is 0. The first kappa shape index (κ1) is 18.9. The van der Waals surface area contributed by atoms with Gasteiger partial charge < -0.3 is 14.4 Å². The molecule has 2 fully saturated rings. The van der Waals surface area contributed by atoms with Crippen LogP contribution in [0.1, 0.15) is 47.0 Å². The van der Waals surface area contributed by atoms with E-state index in [1.54, 1.807) is 10.9 Å². The minimum atomic E-state index is -2.99. The summed E-state index contributed by atoms with van der Waals surface area (Å²) in [5.74, 6) is 0.247. The van der Waals surface area contributed by atoms with Gasteiger partial charge in [0.05, 0.1) is 28.2 Å². The van der Waals surface area contributed by atoms with Crippen molar-refractivity contribution >= 4 is 22.4 Å². The Hall–Kier alpha value is -0.895. The van der Waals surface area contributed by atoms with E-state index in [4.69, 9.17) is 9.31 Å². The fourth-order valence-corrected chi connectivity index (χ4v) is 5.00. The first-order valence-electron chi connectivity index (χ1n) is 8.72. The second-order valence-electron chi connectivity index (χ2n) is 8.16. The lowest BCUT2D eigenvalue weighted by Gasteiger charge is -2.37. The van der Waals surface area contributed by atoms with Gasteiger partial charge in [0, 0.05) is 24.5 Å². The Balaban J connectivity index is 1.85. The lowest BCUT2D eigenvalue weighted by atomic mass is 9.81. The number of aliphatic hydroxyl groups excluding tert-OH is 1. The smallest absolute Gasteiger partial charge is 0.399 e. The molecule has 0 saturated carbocycles. The van der Waals surface area contributed by atoms with Crippen LogP contribution in [0.15, 0.2) is 12.4 Å². The van der Waals surface area contributed by atoms with Gasteiger partial charge in [0.15, 0.2) is 9.84 Å². The lowest BCUT2D eigenvalue weighted by molar-refractivity contribution is 0.00578. The summed E-state index contributed by atoms with van der Waals surface area (Å²) in [4.78, 5) is 0. The topological polar surface area (TPSA) is 90.6 Å². The van der Waals surface area contributed by atoms with Crippen LogP contribution in [0.3, 0.4) is 0 Å². The van der Waals surface area contributed by atoms with Crippen molar-refractivity contribution in [2.24, 2.45) is 0 Å². The number of nitrogens with zero attached hydrogens (tertiary/aromatic N) is 2. The Morgan fingerprint density at radius 3 is 2.28 bits per heavy atom. The van der Waals surface area contributed by atoms with Crippen LogP contribution in [0.25, 0.3) is 0 Å². The molecule has 1 aromatic heterocycles. The molecule has 140 valence electrons. The van der Waals surface area contributed by atoms with Gasteiger partial charge in [-0.3, -0.25) is 4.68 Å². The fourth-order valence-electron chi connectivity index (χ4n) is 3.42. The molecular formula is C16H27BN2O5S. The summed E-state index contributed by atoms with van der Waals surface area (Å²) in [5, 5.41) is 14.0. The molecule has 0 spiro atoms. The van der Waals surface area contributed by atoms with Crippen molar-refractivity contribution in [3.05, 3.63) is 12.4 Å². The number of hydrogen-bond acceptors (Lipinski definition) is 6. The van der Waals surface area contributed by atoms with Crippen LogP contribution in [-0.4, -0.2) is 59.7 Å². The predicted molar refractivity (Wildman–Crippen MR) is 95.5 cm³/mol. The van der Waals surface area contributed by atoms with Crippen LogP contribution in [0.2, 0.25) is 0 Å². The van der Waals surface area contributed by atoms with E-state index in [2.05, 4.69) is 5.10 Å². The molecule has 9 heteroatoms. The molecule has 0 amide bonds. The second kappa shape index (κ2) is 6.08. The Bertz CT molecular complexity index is 713. The van der Waals surface area contributed by atoms with E-state index in [1.165, 1.54) is 0 Å². The van der Waals surface area contributed by atoms with Gasteiger partial charge in [0.2, 0.25) is 0 Å². The third-order valence-electron chi connectivity index (χ3n) is 5.95. The van der Waals surface area contributed by atoms with Crippen LogP contribution in [0.5, 0.6) is 0 Å². The molecule has 1 N–H and O–H groups in total. The molecule has 2 saturated heterocycles. The highest BCUT2D eigenvalue weighted by Gasteiger charge is 2.52. The molecule has 0 aliphatic carbocycles. The Morgan fingerprint density at radius 1 is 1.20 bits per heavy atom.